The van der Waals surface area contributed by atoms with Crippen LogP contribution in [0, 0.1) is 5.92 Å². The molecule has 2 atom stereocenters. The Labute approximate surface area is 77.6 Å². The fourth-order valence-electron chi connectivity index (χ4n) is 1.58. The molecule has 0 amide bonds. The number of halogens is 1. The van der Waals surface area contributed by atoms with Crippen molar-refractivity contribution in [1.29, 1.82) is 0 Å². The first kappa shape index (κ1) is 10.4. The standard InChI is InChI=1S/C9H16FNO2/c1-13-9(12)3-2-7-6-11-5-4-8(7)10/h7-8,11H,2-6H2,1H3/t7-,8-/m1/s1. The molecule has 1 rings (SSSR count). The molecule has 0 aromatic heterocycles. The van der Waals surface area contributed by atoms with Crippen LogP contribution in [0.4, 0.5) is 4.39 Å². The molecular formula is C9H16FNO2. The van der Waals surface area contributed by atoms with Gasteiger partial charge in [-0.05, 0) is 19.4 Å². The van der Waals surface area contributed by atoms with Crippen LogP contribution in [0.1, 0.15) is 19.3 Å². The van der Waals surface area contributed by atoms with Gasteiger partial charge in [-0.25, -0.2) is 4.39 Å². The minimum absolute atomic E-state index is 0.0205. The van der Waals surface area contributed by atoms with Gasteiger partial charge in [0.25, 0.3) is 0 Å². The van der Waals surface area contributed by atoms with E-state index in [0.717, 1.165) is 6.54 Å². The highest BCUT2D eigenvalue weighted by Crippen LogP contribution is 2.19. The lowest BCUT2D eigenvalue weighted by Crippen LogP contribution is -2.38. The molecule has 1 fully saturated rings. The van der Waals surface area contributed by atoms with Crippen LogP contribution in [0.25, 0.3) is 0 Å². The largest absolute Gasteiger partial charge is 0.469 e. The van der Waals surface area contributed by atoms with E-state index in [-0.39, 0.29) is 11.9 Å². The number of hydrogen-bond donors (Lipinski definition) is 1. The van der Waals surface area contributed by atoms with Gasteiger partial charge in [-0.15, -0.1) is 0 Å². The van der Waals surface area contributed by atoms with Gasteiger partial charge in [0.2, 0.25) is 0 Å². The summed E-state index contributed by atoms with van der Waals surface area (Å²) in [5.41, 5.74) is 0. The van der Waals surface area contributed by atoms with E-state index in [2.05, 4.69) is 10.1 Å². The highest BCUT2D eigenvalue weighted by atomic mass is 19.1. The van der Waals surface area contributed by atoms with Crippen LogP contribution in [0.5, 0.6) is 0 Å². The zero-order valence-corrected chi connectivity index (χ0v) is 7.88. The molecule has 0 unspecified atom stereocenters. The van der Waals surface area contributed by atoms with Gasteiger partial charge in [0.05, 0.1) is 7.11 Å². The smallest absolute Gasteiger partial charge is 0.305 e. The van der Waals surface area contributed by atoms with E-state index in [9.17, 15) is 9.18 Å². The highest BCUT2D eigenvalue weighted by Gasteiger charge is 2.24. The summed E-state index contributed by atoms with van der Waals surface area (Å²) < 4.78 is 17.7. The number of rotatable bonds is 3. The Morgan fingerprint density at radius 2 is 2.46 bits per heavy atom. The molecule has 1 heterocycles. The second-order valence-electron chi connectivity index (χ2n) is 3.38. The van der Waals surface area contributed by atoms with Crippen molar-refractivity contribution >= 4 is 5.97 Å². The molecule has 1 N–H and O–H groups in total. The molecule has 3 nitrogen and oxygen atoms in total. The lowest BCUT2D eigenvalue weighted by Gasteiger charge is -2.26. The molecule has 1 saturated heterocycles. The second kappa shape index (κ2) is 5.17. The molecule has 1 aliphatic rings. The Morgan fingerprint density at radius 3 is 3.08 bits per heavy atom. The Balaban J connectivity index is 2.22. The molecule has 0 aliphatic carbocycles. The first-order chi connectivity index (χ1) is 6.24. The lowest BCUT2D eigenvalue weighted by molar-refractivity contribution is -0.141. The fraction of sp³-hybridized carbons (Fsp3) is 0.889. The van der Waals surface area contributed by atoms with Crippen molar-refractivity contribution < 1.29 is 13.9 Å². The van der Waals surface area contributed by atoms with Gasteiger partial charge < -0.3 is 10.1 Å². The van der Waals surface area contributed by atoms with E-state index >= 15 is 0 Å². The minimum Gasteiger partial charge on any atom is -0.469 e. The third-order valence-electron chi connectivity index (χ3n) is 2.46. The number of methoxy groups -OCH3 is 1. The summed E-state index contributed by atoms with van der Waals surface area (Å²) in [5.74, 6) is -0.273. The number of carbonyl (C=O) groups is 1. The topological polar surface area (TPSA) is 38.3 Å². The number of ether oxygens (including phenoxy) is 1. The molecule has 0 saturated carbocycles. The predicted octanol–water partition coefficient (Wildman–Crippen LogP) is 0.887. The third-order valence-corrected chi connectivity index (χ3v) is 2.46. The van der Waals surface area contributed by atoms with Crippen molar-refractivity contribution in [1.82, 2.24) is 5.32 Å². The van der Waals surface area contributed by atoms with Crippen LogP contribution >= 0.6 is 0 Å². The van der Waals surface area contributed by atoms with Gasteiger partial charge in [0.15, 0.2) is 0 Å². The number of esters is 1. The van der Waals surface area contributed by atoms with Crippen molar-refractivity contribution in [2.45, 2.75) is 25.4 Å². The first-order valence-corrected chi connectivity index (χ1v) is 4.65. The number of carbonyl (C=O) groups excluding carboxylic acids is 1. The molecular weight excluding hydrogens is 173 g/mol. The number of piperidine rings is 1. The molecule has 13 heavy (non-hydrogen) atoms. The molecule has 0 aromatic carbocycles. The maximum absolute atomic E-state index is 13.2. The normalized spacial score (nSPS) is 28.5. The molecule has 1 aliphatic heterocycles. The first-order valence-electron chi connectivity index (χ1n) is 4.65. The fourth-order valence-corrected chi connectivity index (χ4v) is 1.58. The van der Waals surface area contributed by atoms with Crippen molar-refractivity contribution in [2.24, 2.45) is 5.92 Å². The van der Waals surface area contributed by atoms with E-state index in [1.165, 1.54) is 7.11 Å². The summed E-state index contributed by atoms with van der Waals surface area (Å²) in [7, 11) is 1.36. The van der Waals surface area contributed by atoms with Gasteiger partial charge in [0, 0.05) is 18.9 Å². The number of alkyl halides is 1. The van der Waals surface area contributed by atoms with Crippen molar-refractivity contribution in [2.75, 3.05) is 20.2 Å². The van der Waals surface area contributed by atoms with Gasteiger partial charge in [-0.1, -0.05) is 0 Å². The predicted molar refractivity (Wildman–Crippen MR) is 47.1 cm³/mol. The zero-order chi connectivity index (χ0) is 9.68. The number of nitrogens with one attached hydrogen (secondary N) is 1. The molecule has 4 heteroatoms. The summed E-state index contributed by atoms with van der Waals surface area (Å²) in [6.45, 7) is 1.42. The van der Waals surface area contributed by atoms with Crippen LogP contribution in [0.15, 0.2) is 0 Å². The summed E-state index contributed by atoms with van der Waals surface area (Å²) >= 11 is 0. The average Bonchev–Trinajstić information content (AvgIpc) is 2.16. The second-order valence-corrected chi connectivity index (χ2v) is 3.38. The Kier molecular flexibility index (Phi) is 4.15. The Hall–Kier alpha value is -0.640. The van der Waals surface area contributed by atoms with Gasteiger partial charge in [-0.2, -0.15) is 0 Å². The molecule has 0 spiro atoms. The molecule has 0 bridgehead atoms. The van der Waals surface area contributed by atoms with Crippen LogP contribution in [0.2, 0.25) is 0 Å². The number of hydrogen-bond acceptors (Lipinski definition) is 3. The van der Waals surface area contributed by atoms with E-state index in [4.69, 9.17) is 0 Å². The third kappa shape index (κ3) is 3.30. The monoisotopic (exact) mass is 189 g/mol. The quantitative estimate of drug-likeness (QED) is 0.670. The van der Waals surface area contributed by atoms with E-state index in [1.54, 1.807) is 0 Å². The molecule has 0 radical (unpaired) electrons. The molecule has 76 valence electrons. The van der Waals surface area contributed by atoms with Crippen molar-refractivity contribution in [3.05, 3.63) is 0 Å². The maximum atomic E-state index is 13.2. The summed E-state index contributed by atoms with van der Waals surface area (Å²) in [6.07, 6.45) is 0.710. The summed E-state index contributed by atoms with van der Waals surface area (Å²) in [6, 6.07) is 0. The van der Waals surface area contributed by atoms with E-state index in [0.29, 0.717) is 25.8 Å². The van der Waals surface area contributed by atoms with Gasteiger partial charge >= 0.3 is 5.97 Å². The van der Waals surface area contributed by atoms with E-state index in [1.807, 2.05) is 0 Å². The lowest BCUT2D eigenvalue weighted by atomic mass is 9.93. The summed E-state index contributed by atoms with van der Waals surface area (Å²) in [4.78, 5) is 10.8. The molecule has 0 aromatic rings. The minimum atomic E-state index is -0.758. The van der Waals surface area contributed by atoms with Crippen molar-refractivity contribution in [3.63, 3.8) is 0 Å². The SMILES string of the molecule is COC(=O)CC[C@@H]1CNCC[C@H]1F. The zero-order valence-electron chi connectivity index (χ0n) is 7.88. The Bertz CT molecular complexity index is 175. The van der Waals surface area contributed by atoms with Crippen LogP contribution in [0.3, 0.4) is 0 Å². The van der Waals surface area contributed by atoms with Gasteiger partial charge in [0.1, 0.15) is 6.17 Å². The maximum Gasteiger partial charge on any atom is 0.305 e. The van der Waals surface area contributed by atoms with Crippen LogP contribution in [-0.4, -0.2) is 32.3 Å². The summed E-state index contributed by atoms with van der Waals surface area (Å²) in [5, 5.41) is 3.11. The highest BCUT2D eigenvalue weighted by molar-refractivity contribution is 5.69. The average molecular weight is 189 g/mol. The van der Waals surface area contributed by atoms with Crippen LogP contribution < -0.4 is 5.32 Å². The van der Waals surface area contributed by atoms with E-state index < -0.39 is 6.17 Å². The van der Waals surface area contributed by atoms with Crippen molar-refractivity contribution in [3.8, 4) is 0 Å². The van der Waals surface area contributed by atoms with Gasteiger partial charge in [-0.3, -0.25) is 4.79 Å². The van der Waals surface area contributed by atoms with Crippen LogP contribution in [-0.2, 0) is 9.53 Å². The Morgan fingerprint density at radius 1 is 1.69 bits per heavy atom.